The molecular weight excluding hydrogens is 224 g/mol. The largest absolute Gasteiger partial charge is 0.347 e. The molecule has 2 bridgehead atoms. The van der Waals surface area contributed by atoms with Crippen LogP contribution in [-0.2, 0) is 9.47 Å². The molecule has 3 aliphatic rings. The van der Waals surface area contributed by atoms with Crippen LogP contribution in [0.2, 0.25) is 0 Å². The summed E-state index contributed by atoms with van der Waals surface area (Å²) in [6, 6.07) is 0. The lowest BCUT2D eigenvalue weighted by molar-refractivity contribution is -0.221. The quantitative estimate of drug-likeness (QED) is 0.660. The van der Waals surface area contributed by atoms with Crippen LogP contribution in [0.1, 0.15) is 33.6 Å². The summed E-state index contributed by atoms with van der Waals surface area (Å²) in [6.07, 6.45) is 2.45. The van der Waals surface area contributed by atoms with Crippen molar-refractivity contribution in [1.29, 1.82) is 0 Å². The minimum absolute atomic E-state index is 0.108. The van der Waals surface area contributed by atoms with Crippen LogP contribution in [0.5, 0.6) is 0 Å². The summed E-state index contributed by atoms with van der Waals surface area (Å²) in [7, 11) is 0. The number of hydrogen-bond donors (Lipinski definition) is 0. The van der Waals surface area contributed by atoms with Crippen molar-refractivity contribution in [2.24, 2.45) is 23.2 Å². The van der Waals surface area contributed by atoms with Crippen molar-refractivity contribution in [3.05, 3.63) is 0 Å². The van der Waals surface area contributed by atoms with E-state index >= 15 is 0 Å². The fraction of sp³-hybridized carbons (Fsp3) is 1.00. The van der Waals surface area contributed by atoms with Crippen molar-refractivity contribution in [2.45, 2.75) is 45.5 Å². The Balaban J connectivity index is 1.83. The maximum Gasteiger partial charge on any atom is 0.172 e. The van der Waals surface area contributed by atoms with Gasteiger partial charge in [0, 0.05) is 12.3 Å². The molecule has 1 heterocycles. The fourth-order valence-corrected chi connectivity index (χ4v) is 4.22. The van der Waals surface area contributed by atoms with Crippen molar-refractivity contribution in [1.82, 2.24) is 0 Å². The van der Waals surface area contributed by atoms with Crippen LogP contribution >= 0.6 is 11.6 Å². The lowest BCUT2D eigenvalue weighted by Gasteiger charge is -2.44. The third-order valence-corrected chi connectivity index (χ3v) is 5.86. The molecule has 2 saturated carbocycles. The molecule has 1 saturated heterocycles. The van der Waals surface area contributed by atoms with Crippen molar-refractivity contribution in [2.75, 3.05) is 12.5 Å². The van der Waals surface area contributed by atoms with Gasteiger partial charge in [-0.05, 0) is 23.7 Å². The van der Waals surface area contributed by atoms with Gasteiger partial charge in [-0.2, -0.15) is 0 Å². The zero-order valence-electron chi connectivity index (χ0n) is 10.3. The predicted molar refractivity (Wildman–Crippen MR) is 63.4 cm³/mol. The summed E-state index contributed by atoms with van der Waals surface area (Å²) in [6.45, 7) is 7.82. The number of ether oxygens (including phenoxy) is 2. The van der Waals surface area contributed by atoms with Gasteiger partial charge in [0.1, 0.15) is 0 Å². The Morgan fingerprint density at radius 1 is 1.38 bits per heavy atom. The Kier molecular flexibility index (Phi) is 2.38. The first-order valence-corrected chi connectivity index (χ1v) is 6.91. The van der Waals surface area contributed by atoms with Gasteiger partial charge in [0.25, 0.3) is 0 Å². The van der Waals surface area contributed by atoms with Crippen LogP contribution < -0.4 is 0 Å². The summed E-state index contributed by atoms with van der Waals surface area (Å²) in [5.41, 5.74) is 0.446. The highest BCUT2D eigenvalue weighted by Crippen LogP contribution is 2.65. The number of rotatable bonds is 1. The molecule has 3 rings (SSSR count). The second-order valence-corrected chi connectivity index (χ2v) is 6.68. The van der Waals surface area contributed by atoms with E-state index in [0.29, 0.717) is 29.7 Å². The van der Waals surface area contributed by atoms with Gasteiger partial charge in [0.2, 0.25) is 0 Å². The molecule has 0 aromatic rings. The van der Waals surface area contributed by atoms with Crippen LogP contribution in [0.3, 0.4) is 0 Å². The molecule has 0 amide bonds. The van der Waals surface area contributed by atoms with Crippen molar-refractivity contribution < 1.29 is 9.47 Å². The van der Waals surface area contributed by atoms with Crippen LogP contribution in [0.15, 0.2) is 0 Å². The molecule has 1 aliphatic heterocycles. The van der Waals surface area contributed by atoms with Gasteiger partial charge in [-0.15, -0.1) is 11.6 Å². The van der Waals surface area contributed by atoms with Gasteiger partial charge in [0.15, 0.2) is 5.79 Å². The van der Waals surface area contributed by atoms with E-state index in [0.717, 1.165) is 12.3 Å². The molecule has 92 valence electrons. The molecule has 2 aliphatic carbocycles. The van der Waals surface area contributed by atoms with E-state index in [1.807, 2.05) is 0 Å². The smallest absolute Gasteiger partial charge is 0.172 e. The third-order valence-electron chi connectivity index (χ3n) is 5.52. The minimum Gasteiger partial charge on any atom is -0.347 e. The third kappa shape index (κ3) is 1.27. The molecule has 16 heavy (non-hydrogen) atoms. The Morgan fingerprint density at radius 3 is 2.62 bits per heavy atom. The maximum atomic E-state index is 6.10. The molecule has 0 aromatic carbocycles. The van der Waals surface area contributed by atoms with E-state index in [-0.39, 0.29) is 11.9 Å². The lowest BCUT2D eigenvalue weighted by atomic mass is 9.67. The molecule has 1 spiro atoms. The Morgan fingerprint density at radius 2 is 2.12 bits per heavy atom. The average molecular weight is 245 g/mol. The molecule has 2 nitrogen and oxygen atoms in total. The van der Waals surface area contributed by atoms with Gasteiger partial charge in [-0.3, -0.25) is 0 Å². The minimum atomic E-state index is -0.279. The monoisotopic (exact) mass is 244 g/mol. The Bertz CT molecular complexity index is 300. The first-order valence-electron chi connectivity index (χ1n) is 6.37. The van der Waals surface area contributed by atoms with Crippen LogP contribution in [0, 0.1) is 23.2 Å². The number of fused-ring (bicyclic) bond motifs is 3. The number of hydrogen-bond acceptors (Lipinski definition) is 2. The van der Waals surface area contributed by atoms with Crippen LogP contribution in [-0.4, -0.2) is 24.4 Å². The van der Waals surface area contributed by atoms with E-state index in [1.54, 1.807) is 0 Å². The Hall–Kier alpha value is 0.210. The van der Waals surface area contributed by atoms with E-state index in [1.165, 1.54) is 6.42 Å². The van der Waals surface area contributed by atoms with Gasteiger partial charge < -0.3 is 9.47 Å². The van der Waals surface area contributed by atoms with E-state index in [9.17, 15) is 0 Å². The van der Waals surface area contributed by atoms with E-state index < -0.39 is 0 Å². The van der Waals surface area contributed by atoms with Crippen LogP contribution in [0.25, 0.3) is 0 Å². The van der Waals surface area contributed by atoms with E-state index in [2.05, 4.69) is 20.8 Å². The summed E-state index contributed by atoms with van der Waals surface area (Å²) < 4.78 is 12.1. The topological polar surface area (TPSA) is 18.5 Å². The van der Waals surface area contributed by atoms with Crippen molar-refractivity contribution in [3.8, 4) is 0 Å². The molecule has 0 radical (unpaired) electrons. The molecule has 0 N–H and O–H groups in total. The SMILES string of the molecule is C[C@@H]1[C@@H]2C[C@@H](C[C@]23OC[C@@H](CCl)O3)C1(C)C. The highest BCUT2D eigenvalue weighted by molar-refractivity contribution is 6.18. The Labute approximate surface area is 103 Å². The fourth-order valence-electron chi connectivity index (χ4n) is 4.07. The molecule has 0 unspecified atom stereocenters. The average Bonchev–Trinajstić information content (AvgIpc) is 2.87. The number of alkyl halides is 1. The summed E-state index contributed by atoms with van der Waals surface area (Å²) >= 11 is 5.86. The first-order chi connectivity index (χ1) is 7.49. The summed E-state index contributed by atoms with van der Waals surface area (Å²) in [5, 5.41) is 0. The predicted octanol–water partition coefficient (Wildman–Crippen LogP) is 3.04. The second kappa shape index (κ2) is 3.37. The van der Waals surface area contributed by atoms with Crippen molar-refractivity contribution in [3.63, 3.8) is 0 Å². The molecular formula is C13H21ClO2. The zero-order chi connectivity index (χ0) is 11.6. The summed E-state index contributed by atoms with van der Waals surface area (Å²) in [5.74, 6) is 2.28. The first kappa shape index (κ1) is 11.3. The lowest BCUT2D eigenvalue weighted by Crippen LogP contribution is -2.46. The van der Waals surface area contributed by atoms with E-state index in [4.69, 9.17) is 21.1 Å². The molecule has 5 atom stereocenters. The second-order valence-electron chi connectivity index (χ2n) is 6.37. The van der Waals surface area contributed by atoms with Gasteiger partial charge in [-0.1, -0.05) is 20.8 Å². The highest BCUT2D eigenvalue weighted by atomic mass is 35.5. The highest BCUT2D eigenvalue weighted by Gasteiger charge is 2.65. The van der Waals surface area contributed by atoms with Gasteiger partial charge in [0.05, 0.1) is 18.6 Å². The van der Waals surface area contributed by atoms with Gasteiger partial charge in [-0.25, -0.2) is 0 Å². The molecule has 3 heteroatoms. The number of halogens is 1. The standard InChI is InChI=1S/C13H21ClO2/c1-8-11-4-9(12(8,2)3)5-13(11)15-7-10(6-14)16-13/h8-11H,4-7H2,1-3H3/t8-,9+,10-,11+,13-/m1/s1. The van der Waals surface area contributed by atoms with Gasteiger partial charge >= 0.3 is 0 Å². The summed E-state index contributed by atoms with van der Waals surface area (Å²) in [4.78, 5) is 0. The van der Waals surface area contributed by atoms with Crippen molar-refractivity contribution >= 4 is 11.6 Å². The molecule has 0 aromatic heterocycles. The molecule has 3 fully saturated rings. The normalized spacial score (nSPS) is 54.0. The van der Waals surface area contributed by atoms with Crippen LogP contribution in [0.4, 0.5) is 0 Å². The maximum absolute atomic E-state index is 6.10. The zero-order valence-corrected chi connectivity index (χ0v) is 11.1.